The maximum Gasteiger partial charge on any atom is 0.315 e. The summed E-state index contributed by atoms with van der Waals surface area (Å²) >= 11 is 1.02. The van der Waals surface area contributed by atoms with E-state index in [0.29, 0.717) is 16.0 Å². The molecular weight excluding hydrogens is 412 g/mol. The first-order chi connectivity index (χ1) is 14.3. The van der Waals surface area contributed by atoms with Crippen LogP contribution >= 0.6 is 11.3 Å². The van der Waals surface area contributed by atoms with Gasteiger partial charge in [-0.05, 0) is 42.0 Å². The van der Waals surface area contributed by atoms with Crippen molar-refractivity contribution in [3.05, 3.63) is 77.2 Å². The molecule has 154 valence electrons. The first kappa shape index (κ1) is 20.8. The SMILES string of the molecule is COc1ccc(C(=O)/C=c2\[nH]c(=O)/c(=C\c3cc(OC)c(O)c([N+](=O)[O-])c3)s2)cc1. The third-order valence-corrected chi connectivity index (χ3v) is 5.07. The molecule has 1 aromatic heterocycles. The summed E-state index contributed by atoms with van der Waals surface area (Å²) in [6.45, 7) is 0. The number of H-pyrrole nitrogens is 1. The minimum absolute atomic E-state index is 0.0927. The Morgan fingerprint density at radius 1 is 1.20 bits per heavy atom. The Morgan fingerprint density at radius 2 is 1.90 bits per heavy atom. The van der Waals surface area contributed by atoms with Gasteiger partial charge in [-0.1, -0.05) is 0 Å². The number of benzene rings is 2. The highest BCUT2D eigenvalue weighted by Gasteiger charge is 2.19. The van der Waals surface area contributed by atoms with Gasteiger partial charge in [-0.2, -0.15) is 0 Å². The first-order valence-electron chi connectivity index (χ1n) is 8.48. The number of Topliss-reactive ketones (excluding diaryl/α,β-unsaturated/α-hetero) is 1. The fraction of sp³-hybridized carbons (Fsp3) is 0.100. The molecule has 0 spiro atoms. The number of nitrogens with one attached hydrogen (secondary N) is 1. The molecule has 0 saturated heterocycles. The number of carbonyl (C=O) groups excluding carboxylic acids is 1. The van der Waals surface area contributed by atoms with E-state index in [2.05, 4.69) is 4.98 Å². The zero-order valence-corrected chi connectivity index (χ0v) is 16.7. The molecule has 0 saturated carbocycles. The van der Waals surface area contributed by atoms with Crippen molar-refractivity contribution in [2.75, 3.05) is 14.2 Å². The molecule has 2 N–H and O–H groups in total. The van der Waals surface area contributed by atoms with Crippen LogP contribution in [0.3, 0.4) is 0 Å². The quantitative estimate of drug-likeness (QED) is 0.346. The van der Waals surface area contributed by atoms with Gasteiger partial charge >= 0.3 is 5.69 Å². The first-order valence-corrected chi connectivity index (χ1v) is 9.30. The second-order valence-electron chi connectivity index (χ2n) is 6.01. The van der Waals surface area contributed by atoms with Gasteiger partial charge in [0.15, 0.2) is 11.5 Å². The Kier molecular flexibility index (Phi) is 5.98. The number of hydrogen-bond acceptors (Lipinski definition) is 8. The molecule has 0 radical (unpaired) electrons. The fourth-order valence-corrected chi connectivity index (χ4v) is 3.51. The van der Waals surface area contributed by atoms with Crippen LogP contribution < -0.4 is 24.2 Å². The number of nitro benzene ring substituents is 1. The lowest BCUT2D eigenvalue weighted by atomic mass is 10.1. The maximum absolute atomic E-state index is 12.4. The zero-order chi connectivity index (χ0) is 21.8. The monoisotopic (exact) mass is 428 g/mol. The van der Waals surface area contributed by atoms with Crippen molar-refractivity contribution in [1.29, 1.82) is 0 Å². The van der Waals surface area contributed by atoms with Crippen molar-refractivity contribution < 1.29 is 24.3 Å². The minimum atomic E-state index is -0.749. The Morgan fingerprint density at radius 3 is 2.50 bits per heavy atom. The smallest absolute Gasteiger partial charge is 0.315 e. The van der Waals surface area contributed by atoms with Crippen molar-refractivity contribution in [3.63, 3.8) is 0 Å². The predicted molar refractivity (Wildman–Crippen MR) is 111 cm³/mol. The molecule has 0 atom stereocenters. The second-order valence-corrected chi connectivity index (χ2v) is 7.10. The molecule has 10 heteroatoms. The summed E-state index contributed by atoms with van der Waals surface area (Å²) in [7, 11) is 2.79. The zero-order valence-electron chi connectivity index (χ0n) is 15.9. The molecule has 2 aromatic carbocycles. The lowest BCUT2D eigenvalue weighted by Gasteiger charge is -2.04. The molecule has 3 rings (SSSR count). The van der Waals surface area contributed by atoms with E-state index in [1.165, 1.54) is 32.4 Å². The van der Waals surface area contributed by atoms with Crippen molar-refractivity contribution >= 4 is 35.0 Å². The van der Waals surface area contributed by atoms with Crippen LogP contribution in [0.15, 0.2) is 41.2 Å². The van der Waals surface area contributed by atoms with Gasteiger partial charge in [-0.15, -0.1) is 11.3 Å². The van der Waals surface area contributed by atoms with Crippen LogP contribution in [0.2, 0.25) is 0 Å². The molecule has 0 fully saturated rings. The third kappa shape index (κ3) is 4.39. The molecule has 1 heterocycles. The van der Waals surface area contributed by atoms with Crippen LogP contribution in [-0.4, -0.2) is 35.0 Å². The number of aromatic nitrogens is 1. The van der Waals surface area contributed by atoms with Gasteiger partial charge in [-0.25, -0.2) is 0 Å². The normalized spacial score (nSPS) is 12.1. The lowest BCUT2D eigenvalue weighted by Crippen LogP contribution is -2.20. The summed E-state index contributed by atoms with van der Waals surface area (Å²) in [6, 6.07) is 9.03. The molecule has 0 unspecified atom stereocenters. The molecule has 0 bridgehead atoms. The van der Waals surface area contributed by atoms with E-state index in [4.69, 9.17) is 9.47 Å². The van der Waals surface area contributed by atoms with E-state index >= 15 is 0 Å². The van der Waals surface area contributed by atoms with Crippen molar-refractivity contribution in [2.24, 2.45) is 0 Å². The van der Waals surface area contributed by atoms with Gasteiger partial charge in [0.1, 0.15) is 5.75 Å². The summed E-state index contributed by atoms with van der Waals surface area (Å²) in [5.74, 6) is -0.376. The Balaban J connectivity index is 2.01. The molecule has 0 aliphatic carbocycles. The summed E-state index contributed by atoms with van der Waals surface area (Å²) in [4.78, 5) is 37.6. The molecule has 0 aliphatic heterocycles. The molecule has 3 aromatic rings. The van der Waals surface area contributed by atoms with Gasteiger partial charge in [0.05, 0.1) is 28.3 Å². The van der Waals surface area contributed by atoms with Crippen LogP contribution in [0, 0.1) is 10.1 Å². The number of thiazole rings is 1. The summed E-state index contributed by atoms with van der Waals surface area (Å²) in [6.07, 6.45) is 2.71. The van der Waals surface area contributed by atoms with E-state index < -0.39 is 21.9 Å². The number of methoxy groups -OCH3 is 2. The Bertz CT molecular complexity index is 1290. The topological polar surface area (TPSA) is 132 Å². The Hall–Kier alpha value is -3.92. The van der Waals surface area contributed by atoms with E-state index in [9.17, 15) is 24.8 Å². The average molecular weight is 428 g/mol. The number of aromatic amines is 1. The third-order valence-electron chi connectivity index (χ3n) is 4.11. The molecule has 0 amide bonds. The summed E-state index contributed by atoms with van der Waals surface area (Å²) < 4.78 is 10.6. The van der Waals surface area contributed by atoms with Crippen LogP contribution in [0.1, 0.15) is 15.9 Å². The van der Waals surface area contributed by atoms with Crippen LogP contribution in [0.25, 0.3) is 12.2 Å². The van der Waals surface area contributed by atoms with Crippen molar-refractivity contribution in [1.82, 2.24) is 4.98 Å². The number of phenols is 1. The van der Waals surface area contributed by atoms with Gasteiger partial charge in [-0.3, -0.25) is 19.7 Å². The van der Waals surface area contributed by atoms with Crippen LogP contribution in [0.5, 0.6) is 17.2 Å². The van der Waals surface area contributed by atoms with Gasteiger partial charge in [0.25, 0.3) is 5.56 Å². The largest absolute Gasteiger partial charge is 0.500 e. The number of rotatable bonds is 6. The predicted octanol–water partition coefficient (Wildman–Crippen LogP) is 1.56. The number of phenolic OH excluding ortho intramolecular Hbond substituents is 1. The highest BCUT2D eigenvalue weighted by molar-refractivity contribution is 7.07. The number of carbonyl (C=O) groups is 1. The van der Waals surface area contributed by atoms with Gasteiger partial charge in [0, 0.05) is 17.7 Å². The molecule has 30 heavy (non-hydrogen) atoms. The van der Waals surface area contributed by atoms with E-state index in [-0.39, 0.29) is 21.6 Å². The number of hydrogen-bond donors (Lipinski definition) is 2. The highest BCUT2D eigenvalue weighted by Crippen LogP contribution is 2.36. The average Bonchev–Trinajstić information content (AvgIpc) is 3.07. The number of ether oxygens (including phenoxy) is 2. The van der Waals surface area contributed by atoms with Crippen LogP contribution in [0.4, 0.5) is 5.69 Å². The van der Waals surface area contributed by atoms with E-state index in [0.717, 1.165) is 17.4 Å². The van der Waals surface area contributed by atoms with Crippen LogP contribution in [-0.2, 0) is 0 Å². The minimum Gasteiger partial charge on any atom is -0.500 e. The molecule has 9 nitrogen and oxygen atoms in total. The lowest BCUT2D eigenvalue weighted by molar-refractivity contribution is -0.386. The number of aromatic hydroxyl groups is 1. The molecule has 0 aliphatic rings. The Labute approximate surface area is 173 Å². The summed E-state index contributed by atoms with van der Waals surface area (Å²) in [5.41, 5.74) is -0.287. The van der Waals surface area contributed by atoms with Crippen molar-refractivity contribution in [3.8, 4) is 17.2 Å². The summed E-state index contributed by atoms with van der Waals surface area (Å²) in [5, 5.41) is 21.0. The number of nitro groups is 1. The van der Waals surface area contributed by atoms with Gasteiger partial charge < -0.3 is 19.6 Å². The molecular formula is C20H16N2O7S. The van der Waals surface area contributed by atoms with Crippen molar-refractivity contribution in [2.45, 2.75) is 0 Å². The number of nitrogens with zero attached hydrogens (tertiary/aromatic N) is 1. The standard InChI is InChI=1S/C20H16N2O7S/c1-28-13-5-3-12(4-6-13)15(23)10-18-21-20(25)17(30-18)9-11-7-14(22(26)27)19(24)16(8-11)29-2/h3-10,24H,1-2H3,(H,21,25)/b17-9+,18-10+. The maximum atomic E-state index is 12.4. The van der Waals surface area contributed by atoms with E-state index in [1.807, 2.05) is 0 Å². The fourth-order valence-electron chi connectivity index (χ4n) is 2.63. The van der Waals surface area contributed by atoms with Gasteiger partial charge in [0.2, 0.25) is 5.75 Å². The second kappa shape index (κ2) is 8.62. The highest BCUT2D eigenvalue weighted by atomic mass is 32.1. The van der Waals surface area contributed by atoms with E-state index in [1.54, 1.807) is 24.3 Å². The number of ketones is 1.